The SMILES string of the molecule is CCCC(O)(CCC)CNC(=O)c1cnc(C)cn1. The van der Waals surface area contributed by atoms with Gasteiger partial charge < -0.3 is 10.4 Å². The van der Waals surface area contributed by atoms with E-state index in [1.165, 1.54) is 6.20 Å². The van der Waals surface area contributed by atoms with Gasteiger partial charge in [0, 0.05) is 12.7 Å². The Bertz CT molecular complexity index is 398. The molecule has 0 aliphatic heterocycles. The van der Waals surface area contributed by atoms with Gasteiger partial charge in [-0.2, -0.15) is 0 Å². The summed E-state index contributed by atoms with van der Waals surface area (Å²) in [5.74, 6) is -0.293. The van der Waals surface area contributed by atoms with Crippen molar-refractivity contribution in [2.75, 3.05) is 6.54 Å². The van der Waals surface area contributed by atoms with E-state index in [-0.39, 0.29) is 18.1 Å². The van der Waals surface area contributed by atoms with Crippen LogP contribution in [-0.4, -0.2) is 33.1 Å². The molecule has 0 atom stereocenters. The molecule has 0 fully saturated rings. The van der Waals surface area contributed by atoms with Gasteiger partial charge in [-0.15, -0.1) is 0 Å². The fourth-order valence-corrected chi connectivity index (χ4v) is 2.08. The minimum absolute atomic E-state index is 0.253. The predicted molar refractivity (Wildman–Crippen MR) is 73.9 cm³/mol. The molecule has 19 heavy (non-hydrogen) atoms. The van der Waals surface area contributed by atoms with Crippen molar-refractivity contribution in [2.24, 2.45) is 0 Å². The van der Waals surface area contributed by atoms with E-state index < -0.39 is 5.60 Å². The number of nitrogens with one attached hydrogen (secondary N) is 1. The average molecular weight is 265 g/mol. The normalized spacial score (nSPS) is 11.4. The van der Waals surface area contributed by atoms with Crippen LogP contribution in [-0.2, 0) is 0 Å². The second-order valence-electron chi connectivity index (χ2n) is 4.95. The third-order valence-electron chi connectivity index (χ3n) is 3.02. The van der Waals surface area contributed by atoms with Crippen LogP contribution < -0.4 is 5.32 Å². The van der Waals surface area contributed by atoms with Gasteiger partial charge in [0.15, 0.2) is 0 Å². The highest BCUT2D eigenvalue weighted by molar-refractivity contribution is 5.91. The van der Waals surface area contributed by atoms with Crippen LogP contribution in [0.4, 0.5) is 0 Å². The molecule has 0 aromatic carbocycles. The lowest BCUT2D eigenvalue weighted by Gasteiger charge is -2.27. The van der Waals surface area contributed by atoms with E-state index in [1.807, 2.05) is 20.8 Å². The second kappa shape index (κ2) is 7.19. The van der Waals surface area contributed by atoms with Crippen LogP contribution in [0.5, 0.6) is 0 Å². The summed E-state index contributed by atoms with van der Waals surface area (Å²) < 4.78 is 0. The first-order chi connectivity index (χ1) is 9.00. The Balaban J connectivity index is 2.58. The van der Waals surface area contributed by atoms with Crippen molar-refractivity contribution in [3.63, 3.8) is 0 Å². The maximum atomic E-state index is 11.9. The van der Waals surface area contributed by atoms with Crippen LogP contribution in [0.1, 0.15) is 55.7 Å². The zero-order valence-corrected chi connectivity index (χ0v) is 11.9. The quantitative estimate of drug-likeness (QED) is 0.789. The number of aliphatic hydroxyl groups is 1. The highest BCUT2D eigenvalue weighted by Gasteiger charge is 2.25. The molecule has 2 N–H and O–H groups in total. The van der Waals surface area contributed by atoms with Gasteiger partial charge in [0.1, 0.15) is 5.69 Å². The Morgan fingerprint density at radius 3 is 2.37 bits per heavy atom. The molecule has 1 aromatic rings. The number of aromatic nitrogens is 2. The maximum absolute atomic E-state index is 11.9. The number of nitrogens with zero attached hydrogens (tertiary/aromatic N) is 2. The van der Waals surface area contributed by atoms with Crippen molar-refractivity contribution in [1.82, 2.24) is 15.3 Å². The first-order valence-electron chi connectivity index (χ1n) is 6.80. The Morgan fingerprint density at radius 2 is 1.89 bits per heavy atom. The molecule has 1 rings (SSSR count). The van der Waals surface area contributed by atoms with Gasteiger partial charge in [-0.3, -0.25) is 9.78 Å². The average Bonchev–Trinajstić information content (AvgIpc) is 2.37. The summed E-state index contributed by atoms with van der Waals surface area (Å²) in [5, 5.41) is 13.1. The fourth-order valence-electron chi connectivity index (χ4n) is 2.08. The lowest BCUT2D eigenvalue weighted by molar-refractivity contribution is 0.0212. The summed E-state index contributed by atoms with van der Waals surface area (Å²) in [6, 6.07) is 0. The number of aryl methyl sites for hydroxylation is 1. The maximum Gasteiger partial charge on any atom is 0.271 e. The van der Waals surface area contributed by atoms with Crippen LogP contribution >= 0.6 is 0 Å². The summed E-state index contributed by atoms with van der Waals surface area (Å²) in [7, 11) is 0. The van der Waals surface area contributed by atoms with Gasteiger partial charge in [-0.25, -0.2) is 4.98 Å². The topological polar surface area (TPSA) is 75.1 Å². The molecule has 1 aromatic heterocycles. The molecular weight excluding hydrogens is 242 g/mol. The Labute approximate surface area is 114 Å². The fraction of sp³-hybridized carbons (Fsp3) is 0.643. The molecule has 0 unspecified atom stereocenters. The lowest BCUT2D eigenvalue weighted by Crippen LogP contribution is -2.43. The van der Waals surface area contributed by atoms with E-state index in [4.69, 9.17) is 0 Å². The zero-order chi connectivity index (χ0) is 14.3. The summed E-state index contributed by atoms with van der Waals surface area (Å²) >= 11 is 0. The van der Waals surface area contributed by atoms with E-state index >= 15 is 0 Å². The largest absolute Gasteiger partial charge is 0.388 e. The Kier molecular flexibility index (Phi) is 5.89. The smallest absolute Gasteiger partial charge is 0.271 e. The molecule has 0 saturated carbocycles. The van der Waals surface area contributed by atoms with Crippen molar-refractivity contribution in [1.29, 1.82) is 0 Å². The van der Waals surface area contributed by atoms with Crippen LogP contribution in [0.25, 0.3) is 0 Å². The monoisotopic (exact) mass is 265 g/mol. The predicted octanol–water partition coefficient (Wildman–Crippen LogP) is 1.85. The highest BCUT2D eigenvalue weighted by Crippen LogP contribution is 2.18. The Hall–Kier alpha value is -1.49. The lowest BCUT2D eigenvalue weighted by atomic mass is 9.92. The number of hydrogen-bond acceptors (Lipinski definition) is 4. The van der Waals surface area contributed by atoms with E-state index in [2.05, 4.69) is 15.3 Å². The number of carbonyl (C=O) groups is 1. The molecule has 106 valence electrons. The van der Waals surface area contributed by atoms with Crippen LogP contribution in [0.2, 0.25) is 0 Å². The van der Waals surface area contributed by atoms with E-state index in [0.717, 1.165) is 18.5 Å². The van der Waals surface area contributed by atoms with Gasteiger partial charge in [0.25, 0.3) is 5.91 Å². The molecule has 0 radical (unpaired) electrons. The molecule has 0 saturated heterocycles. The third kappa shape index (κ3) is 4.95. The molecule has 1 amide bonds. The van der Waals surface area contributed by atoms with E-state index in [9.17, 15) is 9.90 Å². The molecule has 5 nitrogen and oxygen atoms in total. The molecular formula is C14H23N3O2. The van der Waals surface area contributed by atoms with Gasteiger partial charge in [-0.05, 0) is 19.8 Å². The van der Waals surface area contributed by atoms with Gasteiger partial charge >= 0.3 is 0 Å². The van der Waals surface area contributed by atoms with Crippen molar-refractivity contribution in [3.8, 4) is 0 Å². The van der Waals surface area contributed by atoms with E-state index in [1.54, 1.807) is 6.20 Å². The Morgan fingerprint density at radius 1 is 1.26 bits per heavy atom. The van der Waals surface area contributed by atoms with Crippen molar-refractivity contribution < 1.29 is 9.90 Å². The first-order valence-corrected chi connectivity index (χ1v) is 6.80. The van der Waals surface area contributed by atoms with Crippen LogP contribution in [0.15, 0.2) is 12.4 Å². The molecule has 0 aliphatic rings. The zero-order valence-electron chi connectivity index (χ0n) is 11.9. The number of rotatable bonds is 7. The minimum Gasteiger partial charge on any atom is -0.388 e. The van der Waals surface area contributed by atoms with Gasteiger partial charge in [0.2, 0.25) is 0 Å². The van der Waals surface area contributed by atoms with Gasteiger partial charge in [0.05, 0.1) is 17.5 Å². The molecule has 0 bridgehead atoms. The summed E-state index contributed by atoms with van der Waals surface area (Å²) in [5.41, 5.74) is 0.225. The van der Waals surface area contributed by atoms with E-state index in [0.29, 0.717) is 12.8 Å². The van der Waals surface area contributed by atoms with Gasteiger partial charge in [-0.1, -0.05) is 26.7 Å². The van der Waals surface area contributed by atoms with Crippen LogP contribution in [0, 0.1) is 6.92 Å². The minimum atomic E-state index is -0.822. The number of hydrogen-bond donors (Lipinski definition) is 2. The number of amides is 1. The second-order valence-corrected chi connectivity index (χ2v) is 4.95. The van der Waals surface area contributed by atoms with Crippen LogP contribution in [0.3, 0.4) is 0 Å². The van der Waals surface area contributed by atoms with Crippen molar-refractivity contribution >= 4 is 5.91 Å². The van der Waals surface area contributed by atoms with Crippen molar-refractivity contribution in [2.45, 2.75) is 52.1 Å². The summed E-state index contributed by atoms with van der Waals surface area (Å²) in [4.78, 5) is 19.9. The summed E-state index contributed by atoms with van der Waals surface area (Å²) in [6.45, 7) is 6.11. The highest BCUT2D eigenvalue weighted by atomic mass is 16.3. The molecule has 0 aliphatic carbocycles. The third-order valence-corrected chi connectivity index (χ3v) is 3.02. The first kappa shape index (κ1) is 15.6. The van der Waals surface area contributed by atoms with Crippen molar-refractivity contribution in [3.05, 3.63) is 23.8 Å². The summed E-state index contributed by atoms with van der Waals surface area (Å²) in [6.07, 6.45) is 6.14. The number of carbonyl (C=O) groups excluding carboxylic acids is 1. The molecule has 0 spiro atoms. The molecule has 1 heterocycles. The standard InChI is InChI=1S/C14H23N3O2/c1-4-6-14(19,7-5-2)10-17-13(18)12-9-15-11(3)8-16-12/h8-9,19H,4-7,10H2,1-3H3,(H,17,18). The molecule has 5 heteroatoms.